The van der Waals surface area contributed by atoms with Crippen molar-refractivity contribution in [2.24, 2.45) is 0 Å². The van der Waals surface area contributed by atoms with Gasteiger partial charge in [-0.25, -0.2) is 0 Å². The average molecular weight is 213 g/mol. The van der Waals surface area contributed by atoms with Crippen LogP contribution in [0.2, 0.25) is 0 Å². The second-order valence-corrected chi connectivity index (χ2v) is 3.84. The van der Waals surface area contributed by atoms with Crippen molar-refractivity contribution in [1.82, 2.24) is 4.98 Å². The highest BCUT2D eigenvalue weighted by Gasteiger charge is 1.99. The molecule has 0 spiro atoms. The summed E-state index contributed by atoms with van der Waals surface area (Å²) >= 11 is 0. The molecule has 1 aromatic carbocycles. The van der Waals surface area contributed by atoms with E-state index >= 15 is 0 Å². The summed E-state index contributed by atoms with van der Waals surface area (Å²) in [5, 5.41) is 9.60. The molecule has 0 aliphatic carbocycles. The number of hydrogen-bond donors (Lipinski definition) is 1. The molecule has 0 aliphatic heterocycles. The van der Waals surface area contributed by atoms with Gasteiger partial charge in [0.05, 0.1) is 0 Å². The van der Waals surface area contributed by atoms with Crippen molar-refractivity contribution in [3.8, 4) is 5.75 Å². The maximum atomic E-state index is 9.60. The van der Waals surface area contributed by atoms with Crippen LogP contribution < -0.4 is 0 Å². The van der Waals surface area contributed by atoms with Gasteiger partial charge in [-0.1, -0.05) is 18.2 Å². The molecule has 2 heteroatoms. The SMILES string of the molecule is Oc1ccccc1CCCc1ccncc1. The number of aryl methyl sites for hydroxylation is 2. The molecule has 2 rings (SSSR count). The van der Waals surface area contributed by atoms with Gasteiger partial charge in [-0.15, -0.1) is 0 Å². The van der Waals surface area contributed by atoms with Crippen LogP contribution in [0.1, 0.15) is 17.5 Å². The Balaban J connectivity index is 1.87. The van der Waals surface area contributed by atoms with Gasteiger partial charge in [-0.05, 0) is 48.6 Å². The average Bonchev–Trinajstić information content (AvgIpc) is 2.33. The van der Waals surface area contributed by atoms with Crippen LogP contribution in [0.25, 0.3) is 0 Å². The van der Waals surface area contributed by atoms with Gasteiger partial charge in [0.2, 0.25) is 0 Å². The van der Waals surface area contributed by atoms with Crippen LogP contribution >= 0.6 is 0 Å². The van der Waals surface area contributed by atoms with Crippen LogP contribution in [0, 0.1) is 0 Å². The summed E-state index contributed by atoms with van der Waals surface area (Å²) in [7, 11) is 0. The lowest BCUT2D eigenvalue weighted by Crippen LogP contribution is -1.90. The second kappa shape index (κ2) is 5.31. The number of aromatic hydroxyl groups is 1. The molecule has 0 bridgehead atoms. The molecule has 16 heavy (non-hydrogen) atoms. The quantitative estimate of drug-likeness (QED) is 0.847. The fourth-order valence-corrected chi connectivity index (χ4v) is 1.75. The number of pyridine rings is 1. The van der Waals surface area contributed by atoms with Crippen molar-refractivity contribution < 1.29 is 5.11 Å². The first-order valence-corrected chi connectivity index (χ1v) is 5.52. The highest BCUT2D eigenvalue weighted by Crippen LogP contribution is 2.18. The van der Waals surface area contributed by atoms with E-state index in [1.54, 1.807) is 6.07 Å². The van der Waals surface area contributed by atoms with Gasteiger partial charge in [-0.2, -0.15) is 0 Å². The summed E-state index contributed by atoms with van der Waals surface area (Å²) in [5.41, 5.74) is 2.32. The van der Waals surface area contributed by atoms with Crippen LogP contribution in [0.15, 0.2) is 48.8 Å². The molecule has 2 aromatic rings. The Hall–Kier alpha value is -1.83. The predicted molar refractivity (Wildman–Crippen MR) is 64.4 cm³/mol. The molecule has 0 unspecified atom stereocenters. The van der Waals surface area contributed by atoms with Crippen LogP contribution in [0.3, 0.4) is 0 Å². The van der Waals surface area contributed by atoms with Crippen molar-refractivity contribution in [3.63, 3.8) is 0 Å². The lowest BCUT2D eigenvalue weighted by Gasteiger charge is -2.04. The topological polar surface area (TPSA) is 33.1 Å². The number of nitrogens with zero attached hydrogens (tertiary/aromatic N) is 1. The number of phenols is 1. The van der Waals surface area contributed by atoms with E-state index in [0.717, 1.165) is 24.8 Å². The Bertz CT molecular complexity index is 439. The standard InChI is InChI=1S/C14H15NO/c16-14-7-2-1-5-13(14)6-3-4-12-8-10-15-11-9-12/h1-2,5,7-11,16H,3-4,6H2. The molecule has 1 N–H and O–H groups in total. The summed E-state index contributed by atoms with van der Waals surface area (Å²) in [6.45, 7) is 0. The van der Waals surface area contributed by atoms with Crippen molar-refractivity contribution in [2.75, 3.05) is 0 Å². The van der Waals surface area contributed by atoms with E-state index < -0.39 is 0 Å². The van der Waals surface area contributed by atoms with Crippen LogP contribution in [-0.2, 0) is 12.8 Å². The Morgan fingerprint density at radius 3 is 2.44 bits per heavy atom. The molecule has 0 saturated heterocycles. The Labute approximate surface area is 95.6 Å². The highest BCUT2D eigenvalue weighted by atomic mass is 16.3. The first-order chi connectivity index (χ1) is 7.86. The zero-order chi connectivity index (χ0) is 11.2. The minimum absolute atomic E-state index is 0.400. The fourth-order valence-electron chi connectivity index (χ4n) is 1.75. The van der Waals surface area contributed by atoms with Gasteiger partial charge < -0.3 is 5.11 Å². The molecule has 0 fully saturated rings. The third-order valence-electron chi connectivity index (χ3n) is 2.65. The second-order valence-electron chi connectivity index (χ2n) is 3.84. The molecular formula is C14H15NO. The van der Waals surface area contributed by atoms with Gasteiger partial charge >= 0.3 is 0 Å². The summed E-state index contributed by atoms with van der Waals surface area (Å²) in [6.07, 6.45) is 6.61. The van der Waals surface area contributed by atoms with E-state index in [1.807, 2.05) is 42.7 Å². The van der Waals surface area contributed by atoms with Crippen LogP contribution in [0.5, 0.6) is 5.75 Å². The molecule has 0 radical (unpaired) electrons. The number of phenolic OH excluding ortho intramolecular Hbond substituents is 1. The van der Waals surface area contributed by atoms with Gasteiger partial charge in [-0.3, -0.25) is 4.98 Å². The maximum Gasteiger partial charge on any atom is 0.118 e. The van der Waals surface area contributed by atoms with Gasteiger partial charge in [0.25, 0.3) is 0 Å². The van der Waals surface area contributed by atoms with Crippen molar-refractivity contribution in [3.05, 3.63) is 59.9 Å². The molecule has 2 nitrogen and oxygen atoms in total. The Morgan fingerprint density at radius 2 is 1.69 bits per heavy atom. The van der Waals surface area contributed by atoms with E-state index in [-0.39, 0.29) is 0 Å². The molecule has 0 atom stereocenters. The van der Waals surface area contributed by atoms with E-state index in [0.29, 0.717) is 5.75 Å². The van der Waals surface area contributed by atoms with Crippen molar-refractivity contribution in [1.29, 1.82) is 0 Å². The first-order valence-electron chi connectivity index (χ1n) is 5.52. The third-order valence-corrected chi connectivity index (χ3v) is 2.65. The molecule has 82 valence electrons. The molecule has 0 amide bonds. The lowest BCUT2D eigenvalue weighted by atomic mass is 10.0. The van der Waals surface area contributed by atoms with Gasteiger partial charge in [0.1, 0.15) is 5.75 Å². The number of rotatable bonds is 4. The lowest BCUT2D eigenvalue weighted by molar-refractivity contribution is 0.467. The zero-order valence-electron chi connectivity index (χ0n) is 9.13. The monoisotopic (exact) mass is 213 g/mol. The molecule has 1 heterocycles. The van der Waals surface area contributed by atoms with Crippen molar-refractivity contribution in [2.45, 2.75) is 19.3 Å². The largest absolute Gasteiger partial charge is 0.508 e. The summed E-state index contributed by atoms with van der Waals surface area (Å²) < 4.78 is 0. The predicted octanol–water partition coefficient (Wildman–Crippen LogP) is 2.96. The van der Waals surface area contributed by atoms with E-state index in [9.17, 15) is 5.11 Å². The highest BCUT2D eigenvalue weighted by molar-refractivity contribution is 5.31. The molecule has 0 aliphatic rings. The van der Waals surface area contributed by atoms with Crippen molar-refractivity contribution >= 4 is 0 Å². The maximum absolute atomic E-state index is 9.60. The van der Waals surface area contributed by atoms with E-state index in [4.69, 9.17) is 0 Å². The Morgan fingerprint density at radius 1 is 0.938 bits per heavy atom. The zero-order valence-corrected chi connectivity index (χ0v) is 9.13. The van der Waals surface area contributed by atoms with Gasteiger partial charge in [0, 0.05) is 12.4 Å². The molecule has 0 saturated carbocycles. The number of hydrogen-bond acceptors (Lipinski definition) is 2. The summed E-state index contributed by atoms with van der Waals surface area (Å²) in [6, 6.07) is 11.6. The minimum atomic E-state index is 0.400. The normalized spacial score (nSPS) is 10.2. The smallest absolute Gasteiger partial charge is 0.118 e. The van der Waals surface area contributed by atoms with Crippen LogP contribution in [-0.4, -0.2) is 10.1 Å². The Kier molecular flexibility index (Phi) is 3.54. The van der Waals surface area contributed by atoms with E-state index in [1.165, 1.54) is 5.56 Å². The van der Waals surface area contributed by atoms with E-state index in [2.05, 4.69) is 4.98 Å². The number of aromatic nitrogens is 1. The first kappa shape index (κ1) is 10.7. The summed E-state index contributed by atoms with van der Waals surface area (Å²) in [4.78, 5) is 3.99. The molecule has 1 aromatic heterocycles. The third kappa shape index (κ3) is 2.83. The summed E-state index contributed by atoms with van der Waals surface area (Å²) in [5.74, 6) is 0.400. The number of benzene rings is 1. The molecular weight excluding hydrogens is 198 g/mol. The fraction of sp³-hybridized carbons (Fsp3) is 0.214. The minimum Gasteiger partial charge on any atom is -0.508 e. The number of para-hydroxylation sites is 1. The van der Waals surface area contributed by atoms with Gasteiger partial charge in [0.15, 0.2) is 0 Å². The van der Waals surface area contributed by atoms with Crippen LogP contribution in [0.4, 0.5) is 0 Å².